The highest BCUT2D eigenvalue weighted by Gasteiger charge is 2.27. The average Bonchev–Trinajstić information content (AvgIpc) is 2.40. The Balaban J connectivity index is 1.89. The lowest BCUT2D eigenvalue weighted by Crippen LogP contribution is -2.48. The molecule has 5 heteroatoms. The van der Waals surface area contributed by atoms with E-state index in [0.717, 1.165) is 38.4 Å². The van der Waals surface area contributed by atoms with Crippen LogP contribution in [0.15, 0.2) is 18.3 Å². The molecule has 20 heavy (non-hydrogen) atoms. The molecule has 0 bridgehead atoms. The molecule has 0 spiro atoms. The van der Waals surface area contributed by atoms with Crippen molar-refractivity contribution in [3.8, 4) is 0 Å². The third-order valence-corrected chi connectivity index (χ3v) is 3.69. The fraction of sp³-hybridized carbons (Fsp3) is 0.667. The van der Waals surface area contributed by atoms with Gasteiger partial charge >= 0.3 is 0 Å². The van der Waals surface area contributed by atoms with Crippen LogP contribution < -0.4 is 5.32 Å². The number of nitrogens with zero attached hydrogens (tertiary/aromatic N) is 2. The maximum absolute atomic E-state index is 12.9. The molecule has 0 aliphatic carbocycles. The Kier molecular flexibility index (Phi) is 5.07. The Hall–Kier alpha value is -1.04. The predicted molar refractivity (Wildman–Crippen MR) is 77.1 cm³/mol. The van der Waals surface area contributed by atoms with Gasteiger partial charge in [0.1, 0.15) is 5.82 Å². The van der Waals surface area contributed by atoms with Gasteiger partial charge in [-0.2, -0.15) is 0 Å². The van der Waals surface area contributed by atoms with Gasteiger partial charge in [0.2, 0.25) is 0 Å². The highest BCUT2D eigenvalue weighted by atomic mass is 19.1. The van der Waals surface area contributed by atoms with Gasteiger partial charge in [0.25, 0.3) is 0 Å². The van der Waals surface area contributed by atoms with Gasteiger partial charge in [0.05, 0.1) is 30.1 Å². The summed E-state index contributed by atoms with van der Waals surface area (Å²) in [4.78, 5) is 6.58. The fourth-order valence-electron chi connectivity index (χ4n) is 2.65. The van der Waals surface area contributed by atoms with E-state index >= 15 is 0 Å². The number of hydrogen-bond acceptors (Lipinski definition) is 4. The lowest BCUT2D eigenvalue weighted by Gasteiger charge is -2.38. The Morgan fingerprint density at radius 2 is 2.30 bits per heavy atom. The smallest absolute Gasteiger partial charge is 0.141 e. The van der Waals surface area contributed by atoms with Gasteiger partial charge in [-0.15, -0.1) is 0 Å². The van der Waals surface area contributed by atoms with Crippen LogP contribution in [0.1, 0.15) is 32.0 Å². The lowest BCUT2D eigenvalue weighted by molar-refractivity contribution is -0.0864. The molecule has 1 unspecified atom stereocenters. The van der Waals surface area contributed by atoms with E-state index in [1.807, 2.05) is 7.05 Å². The van der Waals surface area contributed by atoms with Crippen LogP contribution in [0.3, 0.4) is 0 Å². The molecule has 1 fully saturated rings. The standard InChI is InChI=1S/C15H24FN3O/c1-15(2)11-19(8-9-20-15)7-6-13(17-3)14-5-4-12(16)10-18-14/h4-5,10,13,17H,6-9,11H2,1-3H3. The first-order chi connectivity index (χ1) is 9.50. The van der Waals surface area contributed by atoms with Crippen molar-refractivity contribution in [2.75, 3.05) is 33.3 Å². The van der Waals surface area contributed by atoms with E-state index in [1.165, 1.54) is 12.3 Å². The van der Waals surface area contributed by atoms with E-state index in [-0.39, 0.29) is 17.5 Å². The van der Waals surface area contributed by atoms with Crippen LogP contribution in [0.2, 0.25) is 0 Å². The number of halogens is 1. The lowest BCUT2D eigenvalue weighted by atomic mass is 10.1. The molecule has 1 aromatic heterocycles. The Morgan fingerprint density at radius 1 is 1.50 bits per heavy atom. The van der Waals surface area contributed by atoms with Gasteiger partial charge in [0.15, 0.2) is 0 Å². The number of hydrogen-bond donors (Lipinski definition) is 1. The normalized spacial score (nSPS) is 20.8. The first-order valence-electron chi connectivity index (χ1n) is 7.15. The number of pyridine rings is 1. The van der Waals surface area contributed by atoms with Gasteiger partial charge in [-0.1, -0.05) is 0 Å². The minimum Gasteiger partial charge on any atom is -0.373 e. The molecule has 1 N–H and O–H groups in total. The summed E-state index contributed by atoms with van der Waals surface area (Å²) in [6.45, 7) is 7.92. The number of morpholine rings is 1. The SMILES string of the molecule is CNC(CCN1CCOC(C)(C)C1)c1ccc(F)cn1. The average molecular weight is 281 g/mol. The third kappa shape index (κ3) is 4.23. The van der Waals surface area contributed by atoms with Crippen molar-refractivity contribution < 1.29 is 9.13 Å². The molecule has 1 atom stereocenters. The van der Waals surface area contributed by atoms with Crippen molar-refractivity contribution in [1.29, 1.82) is 0 Å². The molecule has 1 saturated heterocycles. The van der Waals surface area contributed by atoms with E-state index in [2.05, 4.69) is 29.0 Å². The molecule has 0 amide bonds. The highest BCUT2D eigenvalue weighted by Crippen LogP contribution is 2.19. The van der Waals surface area contributed by atoms with Crippen LogP contribution in [0.4, 0.5) is 4.39 Å². The summed E-state index contributed by atoms with van der Waals surface area (Å²) >= 11 is 0. The van der Waals surface area contributed by atoms with E-state index in [1.54, 1.807) is 6.07 Å². The first kappa shape index (κ1) is 15.4. The second-order valence-electron chi connectivity index (χ2n) is 5.92. The number of ether oxygens (including phenoxy) is 1. The van der Waals surface area contributed by atoms with Crippen molar-refractivity contribution >= 4 is 0 Å². The molecule has 1 aliphatic rings. The Morgan fingerprint density at radius 3 is 2.90 bits per heavy atom. The summed E-state index contributed by atoms with van der Waals surface area (Å²) in [7, 11) is 1.92. The summed E-state index contributed by atoms with van der Waals surface area (Å²) in [6.07, 6.45) is 2.22. The zero-order chi connectivity index (χ0) is 14.6. The second kappa shape index (κ2) is 6.61. The van der Waals surface area contributed by atoms with Crippen LogP contribution in [0.25, 0.3) is 0 Å². The fourth-order valence-corrected chi connectivity index (χ4v) is 2.65. The summed E-state index contributed by atoms with van der Waals surface area (Å²) in [6, 6.07) is 3.37. The van der Waals surface area contributed by atoms with Crippen LogP contribution >= 0.6 is 0 Å². The zero-order valence-electron chi connectivity index (χ0n) is 12.5. The van der Waals surface area contributed by atoms with E-state index in [0.29, 0.717) is 0 Å². The molecule has 0 aromatic carbocycles. The summed E-state index contributed by atoms with van der Waals surface area (Å²) in [5.74, 6) is -0.293. The zero-order valence-corrected chi connectivity index (χ0v) is 12.5. The van der Waals surface area contributed by atoms with Gasteiger partial charge < -0.3 is 10.1 Å². The molecule has 2 rings (SSSR count). The largest absolute Gasteiger partial charge is 0.373 e. The molecule has 0 saturated carbocycles. The number of nitrogens with one attached hydrogen (secondary N) is 1. The molecule has 0 radical (unpaired) electrons. The molecule has 4 nitrogen and oxygen atoms in total. The van der Waals surface area contributed by atoms with Crippen LogP contribution in [0, 0.1) is 5.82 Å². The topological polar surface area (TPSA) is 37.4 Å². The van der Waals surface area contributed by atoms with E-state index in [9.17, 15) is 4.39 Å². The monoisotopic (exact) mass is 281 g/mol. The van der Waals surface area contributed by atoms with Crippen molar-refractivity contribution in [3.63, 3.8) is 0 Å². The molecule has 112 valence electrons. The van der Waals surface area contributed by atoms with E-state index in [4.69, 9.17) is 4.74 Å². The van der Waals surface area contributed by atoms with Gasteiger partial charge in [-0.05, 0) is 39.4 Å². The predicted octanol–water partition coefficient (Wildman–Crippen LogP) is 1.98. The van der Waals surface area contributed by atoms with E-state index < -0.39 is 0 Å². The second-order valence-corrected chi connectivity index (χ2v) is 5.92. The van der Waals surface area contributed by atoms with Crippen molar-refractivity contribution in [2.45, 2.75) is 31.9 Å². The third-order valence-electron chi connectivity index (χ3n) is 3.69. The number of aromatic nitrogens is 1. The quantitative estimate of drug-likeness (QED) is 0.895. The van der Waals surface area contributed by atoms with Crippen LogP contribution in [-0.2, 0) is 4.74 Å². The minimum atomic E-state index is -0.293. The summed E-state index contributed by atoms with van der Waals surface area (Å²) in [5.41, 5.74) is 0.822. The van der Waals surface area contributed by atoms with Crippen LogP contribution in [0.5, 0.6) is 0 Å². The van der Waals surface area contributed by atoms with Crippen molar-refractivity contribution in [2.24, 2.45) is 0 Å². The van der Waals surface area contributed by atoms with Crippen molar-refractivity contribution in [1.82, 2.24) is 15.2 Å². The number of rotatable bonds is 5. The molecule has 1 aliphatic heterocycles. The Labute approximate surface area is 120 Å². The van der Waals surface area contributed by atoms with Gasteiger partial charge in [-0.25, -0.2) is 4.39 Å². The maximum Gasteiger partial charge on any atom is 0.141 e. The minimum absolute atomic E-state index is 0.0679. The maximum atomic E-state index is 12.9. The van der Waals surface area contributed by atoms with Gasteiger partial charge in [-0.3, -0.25) is 9.88 Å². The Bertz CT molecular complexity index is 422. The first-order valence-corrected chi connectivity index (χ1v) is 7.15. The van der Waals surface area contributed by atoms with Crippen molar-refractivity contribution in [3.05, 3.63) is 29.8 Å². The molecule has 2 heterocycles. The summed E-state index contributed by atoms with van der Waals surface area (Å²) < 4.78 is 18.6. The highest BCUT2D eigenvalue weighted by molar-refractivity contribution is 5.09. The molecule has 1 aromatic rings. The molecular weight excluding hydrogens is 257 g/mol. The molecular formula is C15H24FN3O. The van der Waals surface area contributed by atoms with Gasteiger partial charge in [0, 0.05) is 19.6 Å². The van der Waals surface area contributed by atoms with Crippen LogP contribution in [-0.4, -0.2) is 48.8 Å². The summed E-state index contributed by atoms with van der Waals surface area (Å²) in [5, 5.41) is 3.26.